The second-order valence-electron chi connectivity index (χ2n) is 6.83. The molecule has 132 valence electrons. The molecular formula is C21H27N3S. The molecule has 0 atom stereocenters. The molecular weight excluding hydrogens is 326 g/mol. The highest BCUT2D eigenvalue weighted by Crippen LogP contribution is 2.18. The monoisotopic (exact) mass is 353 g/mol. The van der Waals surface area contributed by atoms with Crippen molar-refractivity contribution in [2.75, 3.05) is 25.0 Å². The molecule has 25 heavy (non-hydrogen) atoms. The maximum atomic E-state index is 5.40. The Morgan fingerprint density at radius 1 is 1.08 bits per heavy atom. The predicted molar refractivity (Wildman–Crippen MR) is 110 cm³/mol. The van der Waals surface area contributed by atoms with Gasteiger partial charge in [-0.15, -0.1) is 0 Å². The first-order valence-electron chi connectivity index (χ1n) is 9.03. The largest absolute Gasteiger partial charge is 0.362 e. The third-order valence-corrected chi connectivity index (χ3v) is 5.16. The van der Waals surface area contributed by atoms with Crippen molar-refractivity contribution < 1.29 is 0 Å². The van der Waals surface area contributed by atoms with E-state index >= 15 is 0 Å². The van der Waals surface area contributed by atoms with E-state index in [1.807, 2.05) is 0 Å². The van der Waals surface area contributed by atoms with Crippen LogP contribution in [0, 0.1) is 13.8 Å². The van der Waals surface area contributed by atoms with Gasteiger partial charge in [0.15, 0.2) is 5.11 Å². The molecule has 0 bridgehead atoms. The van der Waals surface area contributed by atoms with Crippen molar-refractivity contribution in [2.45, 2.75) is 33.2 Å². The van der Waals surface area contributed by atoms with Crippen molar-refractivity contribution in [3.8, 4) is 0 Å². The smallest absolute Gasteiger partial charge is 0.170 e. The van der Waals surface area contributed by atoms with Gasteiger partial charge in [-0.05, 0) is 73.3 Å². The van der Waals surface area contributed by atoms with E-state index in [0.717, 1.165) is 44.7 Å². The van der Waals surface area contributed by atoms with Gasteiger partial charge in [-0.25, -0.2) is 0 Å². The van der Waals surface area contributed by atoms with Crippen molar-refractivity contribution in [3.05, 3.63) is 64.7 Å². The van der Waals surface area contributed by atoms with Crippen molar-refractivity contribution in [3.63, 3.8) is 0 Å². The summed E-state index contributed by atoms with van der Waals surface area (Å²) < 4.78 is 0. The van der Waals surface area contributed by atoms with E-state index in [1.54, 1.807) is 0 Å². The Balaban J connectivity index is 1.37. The highest BCUT2D eigenvalue weighted by atomic mass is 32.1. The zero-order valence-corrected chi connectivity index (χ0v) is 16.0. The molecule has 2 aromatic rings. The van der Waals surface area contributed by atoms with Crippen LogP contribution in [0.4, 0.5) is 5.69 Å². The van der Waals surface area contributed by atoms with Gasteiger partial charge in [0, 0.05) is 31.9 Å². The van der Waals surface area contributed by atoms with Crippen LogP contribution in [0.25, 0.3) is 0 Å². The minimum atomic E-state index is 0.701. The molecule has 2 aromatic carbocycles. The van der Waals surface area contributed by atoms with E-state index in [9.17, 15) is 0 Å². The average Bonchev–Trinajstić information content (AvgIpc) is 2.62. The summed E-state index contributed by atoms with van der Waals surface area (Å²) in [6.45, 7) is 8.47. The van der Waals surface area contributed by atoms with Gasteiger partial charge < -0.3 is 10.6 Å². The summed E-state index contributed by atoms with van der Waals surface area (Å²) in [7, 11) is 0. The SMILES string of the molecule is Cc1ccc(NC(=S)NCCCN2CCc3ccccc3C2)cc1C. The zero-order chi connectivity index (χ0) is 17.6. The van der Waals surface area contributed by atoms with Gasteiger partial charge in [0.25, 0.3) is 0 Å². The van der Waals surface area contributed by atoms with Crippen LogP contribution >= 0.6 is 12.2 Å². The van der Waals surface area contributed by atoms with Crippen LogP contribution in [0.3, 0.4) is 0 Å². The number of nitrogens with one attached hydrogen (secondary N) is 2. The lowest BCUT2D eigenvalue weighted by atomic mass is 10.00. The molecule has 0 saturated heterocycles. The van der Waals surface area contributed by atoms with E-state index in [-0.39, 0.29) is 0 Å². The second-order valence-corrected chi connectivity index (χ2v) is 7.24. The van der Waals surface area contributed by atoms with Crippen molar-refractivity contribution in [2.24, 2.45) is 0 Å². The number of hydrogen-bond donors (Lipinski definition) is 2. The number of thiocarbonyl (C=S) groups is 1. The van der Waals surface area contributed by atoms with Gasteiger partial charge in [-0.3, -0.25) is 4.90 Å². The fourth-order valence-electron chi connectivity index (χ4n) is 3.24. The Morgan fingerprint density at radius 3 is 2.68 bits per heavy atom. The summed E-state index contributed by atoms with van der Waals surface area (Å²) in [5, 5.41) is 7.29. The third kappa shape index (κ3) is 5.03. The van der Waals surface area contributed by atoms with Crippen LogP contribution in [-0.4, -0.2) is 29.6 Å². The van der Waals surface area contributed by atoms with Crippen LogP contribution in [0.2, 0.25) is 0 Å². The Morgan fingerprint density at radius 2 is 1.88 bits per heavy atom. The summed E-state index contributed by atoms with van der Waals surface area (Å²) in [5.41, 5.74) is 6.61. The third-order valence-electron chi connectivity index (χ3n) is 4.91. The van der Waals surface area contributed by atoms with E-state index in [0.29, 0.717) is 5.11 Å². The lowest BCUT2D eigenvalue weighted by Gasteiger charge is -2.28. The Labute approximate surface area is 156 Å². The molecule has 0 fully saturated rings. The second kappa shape index (κ2) is 8.45. The number of rotatable bonds is 5. The number of hydrogen-bond acceptors (Lipinski definition) is 2. The van der Waals surface area contributed by atoms with Crippen LogP contribution in [-0.2, 0) is 13.0 Å². The number of aryl methyl sites for hydroxylation is 2. The summed E-state index contributed by atoms with van der Waals surface area (Å²) >= 11 is 5.40. The average molecular weight is 354 g/mol. The molecule has 0 amide bonds. The molecule has 3 rings (SSSR count). The summed E-state index contributed by atoms with van der Waals surface area (Å²) in [4.78, 5) is 2.53. The maximum absolute atomic E-state index is 5.40. The standard InChI is InChI=1S/C21H27N3S/c1-16-8-9-20(14-17(16)2)23-21(25)22-11-5-12-24-13-10-18-6-3-4-7-19(18)15-24/h3-4,6-9,14H,5,10-13,15H2,1-2H3,(H2,22,23,25). The fourth-order valence-corrected chi connectivity index (χ4v) is 3.46. The molecule has 0 unspecified atom stereocenters. The molecule has 0 aromatic heterocycles. The van der Waals surface area contributed by atoms with Crippen LogP contribution in [0.1, 0.15) is 28.7 Å². The van der Waals surface area contributed by atoms with Gasteiger partial charge in [-0.1, -0.05) is 30.3 Å². The van der Waals surface area contributed by atoms with Gasteiger partial charge in [-0.2, -0.15) is 0 Å². The molecule has 4 heteroatoms. The topological polar surface area (TPSA) is 27.3 Å². The van der Waals surface area contributed by atoms with Crippen LogP contribution in [0.15, 0.2) is 42.5 Å². The van der Waals surface area contributed by atoms with Gasteiger partial charge in [0.05, 0.1) is 0 Å². The van der Waals surface area contributed by atoms with Crippen molar-refractivity contribution in [1.82, 2.24) is 10.2 Å². The van der Waals surface area contributed by atoms with E-state index in [2.05, 4.69) is 71.8 Å². The lowest BCUT2D eigenvalue weighted by molar-refractivity contribution is 0.251. The molecule has 1 aliphatic rings. The number of anilines is 1. The molecule has 0 radical (unpaired) electrons. The Bertz CT molecular complexity index is 742. The number of benzene rings is 2. The quantitative estimate of drug-likeness (QED) is 0.627. The van der Waals surface area contributed by atoms with Gasteiger partial charge >= 0.3 is 0 Å². The van der Waals surface area contributed by atoms with E-state index in [4.69, 9.17) is 12.2 Å². The first kappa shape index (κ1) is 17.9. The maximum Gasteiger partial charge on any atom is 0.170 e. The summed E-state index contributed by atoms with van der Waals surface area (Å²) in [6.07, 6.45) is 2.26. The molecule has 3 nitrogen and oxygen atoms in total. The highest BCUT2D eigenvalue weighted by Gasteiger charge is 2.14. The first-order chi connectivity index (χ1) is 12.1. The van der Waals surface area contributed by atoms with Crippen LogP contribution in [0.5, 0.6) is 0 Å². The normalized spacial score (nSPS) is 14.0. The lowest BCUT2D eigenvalue weighted by Crippen LogP contribution is -2.34. The van der Waals surface area contributed by atoms with E-state index < -0.39 is 0 Å². The fraction of sp³-hybridized carbons (Fsp3) is 0.381. The van der Waals surface area contributed by atoms with Crippen molar-refractivity contribution >= 4 is 23.0 Å². The summed E-state index contributed by atoms with van der Waals surface area (Å²) in [5.74, 6) is 0. The predicted octanol–water partition coefficient (Wildman–Crippen LogP) is 4.04. The first-order valence-corrected chi connectivity index (χ1v) is 9.44. The Hall–Kier alpha value is -1.91. The molecule has 1 heterocycles. The molecule has 0 aliphatic carbocycles. The highest BCUT2D eigenvalue weighted by molar-refractivity contribution is 7.80. The molecule has 1 aliphatic heterocycles. The number of nitrogens with zero attached hydrogens (tertiary/aromatic N) is 1. The van der Waals surface area contributed by atoms with Crippen molar-refractivity contribution in [1.29, 1.82) is 0 Å². The minimum Gasteiger partial charge on any atom is -0.362 e. The Kier molecular flexibility index (Phi) is 6.05. The van der Waals surface area contributed by atoms with Gasteiger partial charge in [0.2, 0.25) is 0 Å². The zero-order valence-electron chi connectivity index (χ0n) is 15.1. The van der Waals surface area contributed by atoms with E-state index in [1.165, 1.54) is 22.3 Å². The summed E-state index contributed by atoms with van der Waals surface area (Å²) in [6, 6.07) is 15.1. The molecule has 2 N–H and O–H groups in total. The number of fused-ring (bicyclic) bond motifs is 1. The molecule has 0 spiro atoms. The van der Waals surface area contributed by atoms with Gasteiger partial charge in [0.1, 0.15) is 0 Å². The molecule has 0 saturated carbocycles. The minimum absolute atomic E-state index is 0.701. The van der Waals surface area contributed by atoms with Crippen LogP contribution < -0.4 is 10.6 Å².